The number of aromatic nitrogens is 2. The van der Waals surface area contributed by atoms with Gasteiger partial charge in [-0.2, -0.15) is 0 Å². The highest BCUT2D eigenvalue weighted by atomic mass is 16.5. The van der Waals surface area contributed by atoms with Gasteiger partial charge in [-0.25, -0.2) is 9.97 Å². The second-order valence-corrected chi connectivity index (χ2v) is 3.63. The summed E-state index contributed by atoms with van der Waals surface area (Å²) in [6, 6.07) is 0. The second kappa shape index (κ2) is 7.27. The van der Waals surface area contributed by atoms with Crippen molar-refractivity contribution in [3.05, 3.63) is 23.8 Å². The normalized spacial score (nSPS) is 11.0. The Bertz CT molecular complexity index is 290. The summed E-state index contributed by atoms with van der Waals surface area (Å²) in [7, 11) is 1.67. The fraction of sp³-hybridized carbons (Fsp3) is 0.636. The van der Waals surface area contributed by atoms with Crippen molar-refractivity contribution in [1.82, 2.24) is 14.9 Å². The van der Waals surface area contributed by atoms with Gasteiger partial charge in [-0.3, -0.25) is 4.90 Å². The van der Waals surface area contributed by atoms with E-state index in [2.05, 4.69) is 14.9 Å². The minimum absolute atomic E-state index is 0.149. The van der Waals surface area contributed by atoms with Crippen LogP contribution in [0.4, 0.5) is 0 Å². The molecule has 16 heavy (non-hydrogen) atoms. The SMILES string of the molecule is COCCN(CCO)Cc1cnc(C)nc1. The molecule has 0 saturated carbocycles. The molecule has 1 heterocycles. The summed E-state index contributed by atoms with van der Waals surface area (Å²) in [6.45, 7) is 4.84. The van der Waals surface area contributed by atoms with Gasteiger partial charge in [0.2, 0.25) is 0 Å². The van der Waals surface area contributed by atoms with Gasteiger partial charge in [0, 0.05) is 44.7 Å². The zero-order chi connectivity index (χ0) is 11.8. The Labute approximate surface area is 96.1 Å². The number of nitrogens with zero attached hydrogens (tertiary/aromatic N) is 3. The van der Waals surface area contributed by atoms with E-state index in [0.717, 1.165) is 24.5 Å². The number of aliphatic hydroxyl groups is 1. The van der Waals surface area contributed by atoms with Crippen LogP contribution in [0.3, 0.4) is 0 Å². The maximum Gasteiger partial charge on any atom is 0.125 e. The molecule has 0 aliphatic carbocycles. The van der Waals surface area contributed by atoms with E-state index in [9.17, 15) is 0 Å². The van der Waals surface area contributed by atoms with Gasteiger partial charge in [0.05, 0.1) is 13.2 Å². The molecule has 0 fully saturated rings. The number of hydrogen-bond acceptors (Lipinski definition) is 5. The summed E-state index contributed by atoms with van der Waals surface area (Å²) < 4.78 is 5.02. The molecule has 5 nitrogen and oxygen atoms in total. The van der Waals surface area contributed by atoms with Gasteiger partial charge in [0.25, 0.3) is 0 Å². The zero-order valence-corrected chi connectivity index (χ0v) is 9.89. The fourth-order valence-corrected chi connectivity index (χ4v) is 1.39. The standard InChI is InChI=1S/C11H19N3O2/c1-10-12-7-11(8-13-10)9-14(3-5-15)4-6-16-2/h7-8,15H,3-6,9H2,1-2H3. The lowest BCUT2D eigenvalue weighted by Crippen LogP contribution is -2.29. The van der Waals surface area contributed by atoms with E-state index in [-0.39, 0.29) is 6.61 Å². The van der Waals surface area contributed by atoms with Crippen LogP contribution in [-0.2, 0) is 11.3 Å². The van der Waals surface area contributed by atoms with Crippen LogP contribution in [-0.4, -0.2) is 53.4 Å². The molecule has 0 atom stereocenters. The predicted molar refractivity (Wildman–Crippen MR) is 61.0 cm³/mol. The van der Waals surface area contributed by atoms with Crippen molar-refractivity contribution >= 4 is 0 Å². The maximum absolute atomic E-state index is 8.94. The van der Waals surface area contributed by atoms with E-state index in [4.69, 9.17) is 9.84 Å². The van der Waals surface area contributed by atoms with Crippen LogP contribution >= 0.6 is 0 Å². The first-order chi connectivity index (χ1) is 7.76. The van der Waals surface area contributed by atoms with Crippen molar-refractivity contribution in [1.29, 1.82) is 0 Å². The Hall–Kier alpha value is -1.04. The number of rotatable bonds is 7. The van der Waals surface area contributed by atoms with E-state index in [1.807, 2.05) is 19.3 Å². The summed E-state index contributed by atoms with van der Waals surface area (Å²) in [6.07, 6.45) is 3.64. The number of hydrogen-bond donors (Lipinski definition) is 1. The molecule has 0 saturated heterocycles. The summed E-state index contributed by atoms with van der Waals surface area (Å²) in [5.41, 5.74) is 1.05. The van der Waals surface area contributed by atoms with Crippen LogP contribution in [0.5, 0.6) is 0 Å². The van der Waals surface area contributed by atoms with Crippen LogP contribution in [0.15, 0.2) is 12.4 Å². The van der Waals surface area contributed by atoms with E-state index in [0.29, 0.717) is 13.2 Å². The highest BCUT2D eigenvalue weighted by molar-refractivity contribution is 5.04. The quantitative estimate of drug-likeness (QED) is 0.719. The van der Waals surface area contributed by atoms with Crippen LogP contribution in [0, 0.1) is 6.92 Å². The first-order valence-corrected chi connectivity index (χ1v) is 5.36. The molecule has 5 heteroatoms. The van der Waals surface area contributed by atoms with E-state index in [1.165, 1.54) is 0 Å². The number of methoxy groups -OCH3 is 1. The molecule has 0 radical (unpaired) electrons. The highest BCUT2D eigenvalue weighted by Gasteiger charge is 2.05. The number of aryl methyl sites for hydroxylation is 1. The van der Waals surface area contributed by atoms with Crippen molar-refractivity contribution in [2.45, 2.75) is 13.5 Å². The van der Waals surface area contributed by atoms with E-state index < -0.39 is 0 Å². The Kier molecular flexibility index (Phi) is 5.92. The van der Waals surface area contributed by atoms with Crippen molar-refractivity contribution in [3.8, 4) is 0 Å². The van der Waals surface area contributed by atoms with Crippen molar-refractivity contribution in [3.63, 3.8) is 0 Å². The largest absolute Gasteiger partial charge is 0.395 e. The summed E-state index contributed by atoms with van der Waals surface area (Å²) in [5.74, 6) is 0.773. The van der Waals surface area contributed by atoms with Crippen LogP contribution in [0.25, 0.3) is 0 Å². The monoisotopic (exact) mass is 225 g/mol. The number of ether oxygens (including phenoxy) is 1. The minimum atomic E-state index is 0.149. The minimum Gasteiger partial charge on any atom is -0.395 e. The highest BCUT2D eigenvalue weighted by Crippen LogP contribution is 2.01. The van der Waals surface area contributed by atoms with E-state index >= 15 is 0 Å². The molecular formula is C11H19N3O2. The average Bonchev–Trinajstić information content (AvgIpc) is 2.29. The van der Waals surface area contributed by atoms with Gasteiger partial charge in [0.1, 0.15) is 5.82 Å². The first kappa shape index (κ1) is 13.0. The Morgan fingerprint density at radius 3 is 2.56 bits per heavy atom. The van der Waals surface area contributed by atoms with Crippen LogP contribution in [0.1, 0.15) is 11.4 Å². The third kappa shape index (κ3) is 4.65. The summed E-state index contributed by atoms with van der Waals surface area (Å²) in [5, 5.41) is 8.94. The van der Waals surface area contributed by atoms with E-state index in [1.54, 1.807) is 7.11 Å². The van der Waals surface area contributed by atoms with Crippen molar-refractivity contribution in [2.24, 2.45) is 0 Å². The van der Waals surface area contributed by atoms with Gasteiger partial charge in [-0.15, -0.1) is 0 Å². The molecule has 1 N–H and O–H groups in total. The molecule has 0 aliphatic rings. The van der Waals surface area contributed by atoms with Crippen LogP contribution < -0.4 is 0 Å². The Morgan fingerprint density at radius 2 is 2.00 bits per heavy atom. The van der Waals surface area contributed by atoms with Gasteiger partial charge < -0.3 is 9.84 Å². The fourth-order valence-electron chi connectivity index (χ4n) is 1.39. The molecule has 0 unspecified atom stereocenters. The summed E-state index contributed by atoms with van der Waals surface area (Å²) in [4.78, 5) is 10.4. The van der Waals surface area contributed by atoms with Crippen LogP contribution in [0.2, 0.25) is 0 Å². The van der Waals surface area contributed by atoms with Crippen molar-refractivity contribution in [2.75, 3.05) is 33.4 Å². The molecule has 90 valence electrons. The smallest absolute Gasteiger partial charge is 0.125 e. The lowest BCUT2D eigenvalue weighted by Gasteiger charge is -2.20. The van der Waals surface area contributed by atoms with Gasteiger partial charge in [0.15, 0.2) is 0 Å². The molecule has 0 bridgehead atoms. The predicted octanol–water partition coefficient (Wildman–Crippen LogP) is 0.226. The van der Waals surface area contributed by atoms with Crippen molar-refractivity contribution < 1.29 is 9.84 Å². The lowest BCUT2D eigenvalue weighted by atomic mass is 10.3. The molecule has 1 aromatic heterocycles. The Morgan fingerprint density at radius 1 is 1.31 bits per heavy atom. The molecule has 0 spiro atoms. The molecular weight excluding hydrogens is 206 g/mol. The van der Waals surface area contributed by atoms with Gasteiger partial charge in [-0.05, 0) is 6.92 Å². The molecule has 1 rings (SSSR count). The second-order valence-electron chi connectivity index (χ2n) is 3.63. The molecule has 1 aromatic rings. The topological polar surface area (TPSA) is 58.5 Å². The third-order valence-corrected chi connectivity index (χ3v) is 2.27. The lowest BCUT2D eigenvalue weighted by molar-refractivity contribution is 0.126. The molecule has 0 amide bonds. The average molecular weight is 225 g/mol. The maximum atomic E-state index is 8.94. The summed E-state index contributed by atoms with van der Waals surface area (Å²) >= 11 is 0. The van der Waals surface area contributed by atoms with Gasteiger partial charge >= 0.3 is 0 Å². The third-order valence-electron chi connectivity index (χ3n) is 2.27. The molecule has 0 aromatic carbocycles. The zero-order valence-electron chi connectivity index (χ0n) is 9.89. The number of aliphatic hydroxyl groups excluding tert-OH is 1. The Balaban J connectivity index is 2.49. The van der Waals surface area contributed by atoms with Gasteiger partial charge in [-0.1, -0.05) is 0 Å². The first-order valence-electron chi connectivity index (χ1n) is 5.36. The molecule has 0 aliphatic heterocycles.